The topological polar surface area (TPSA) is 97.0 Å². The molecule has 0 bridgehead atoms. The maximum absolute atomic E-state index is 11.7. The van der Waals surface area contributed by atoms with Crippen molar-refractivity contribution in [1.29, 1.82) is 0 Å². The van der Waals surface area contributed by atoms with Crippen LogP contribution in [0.3, 0.4) is 0 Å². The highest BCUT2D eigenvalue weighted by atomic mass is 16.6. The van der Waals surface area contributed by atoms with Crippen molar-refractivity contribution in [3.8, 4) is 0 Å². The fourth-order valence-electron chi connectivity index (χ4n) is 2.17. The average Bonchev–Trinajstić information content (AvgIpc) is 2.52. The fourth-order valence-corrected chi connectivity index (χ4v) is 2.17. The number of carbonyl (C=O) groups excluding carboxylic acids is 3. The van der Waals surface area contributed by atoms with E-state index in [1.165, 1.54) is 0 Å². The second-order valence-electron chi connectivity index (χ2n) is 5.04. The average molecular weight is 315 g/mol. The molecule has 0 saturated carbocycles. The van der Waals surface area contributed by atoms with Crippen molar-refractivity contribution in [2.24, 2.45) is 0 Å². The third kappa shape index (κ3) is 6.30. The van der Waals surface area contributed by atoms with Crippen LogP contribution >= 0.6 is 0 Å². The normalized spacial score (nSPS) is 15.3. The summed E-state index contributed by atoms with van der Waals surface area (Å²) in [5, 5.41) is 5.23. The quantitative estimate of drug-likeness (QED) is 0.526. The number of methoxy groups -OCH3 is 1. The van der Waals surface area contributed by atoms with E-state index in [0.29, 0.717) is 52.1 Å². The number of ether oxygens (including phenoxy) is 2. The zero-order valence-corrected chi connectivity index (χ0v) is 13.2. The van der Waals surface area contributed by atoms with Crippen molar-refractivity contribution < 1.29 is 23.9 Å². The molecule has 1 aliphatic rings. The van der Waals surface area contributed by atoms with Gasteiger partial charge in [-0.15, -0.1) is 0 Å². The summed E-state index contributed by atoms with van der Waals surface area (Å²) in [6, 6.07) is -0.0945. The summed E-state index contributed by atoms with van der Waals surface area (Å²) in [5.74, 6) is -1.27. The first-order valence-corrected chi connectivity index (χ1v) is 7.57. The van der Waals surface area contributed by atoms with Crippen LogP contribution in [0, 0.1) is 0 Å². The lowest BCUT2D eigenvalue weighted by atomic mass is 10.1. The lowest BCUT2D eigenvalue weighted by molar-refractivity contribution is -0.139. The lowest BCUT2D eigenvalue weighted by Gasteiger charge is -2.31. The van der Waals surface area contributed by atoms with Gasteiger partial charge in [0.15, 0.2) is 0 Å². The van der Waals surface area contributed by atoms with Gasteiger partial charge < -0.3 is 25.0 Å². The standard InChI is InChI=1S/C14H25N3O5/c1-3-22-14(20)17-8-5-11(6-9-17)16-13(19)12(18)15-7-4-10-21-2/h11H,3-10H2,1-2H3,(H,15,18)(H,16,19). The molecule has 3 amide bonds. The number of nitrogens with one attached hydrogen (secondary N) is 2. The predicted molar refractivity (Wildman–Crippen MR) is 79.3 cm³/mol. The van der Waals surface area contributed by atoms with Gasteiger partial charge in [-0.25, -0.2) is 4.79 Å². The molecule has 1 saturated heterocycles. The first-order valence-electron chi connectivity index (χ1n) is 7.57. The van der Waals surface area contributed by atoms with E-state index < -0.39 is 11.8 Å². The van der Waals surface area contributed by atoms with E-state index in [1.807, 2.05) is 0 Å². The largest absolute Gasteiger partial charge is 0.450 e. The van der Waals surface area contributed by atoms with E-state index in [9.17, 15) is 14.4 Å². The highest BCUT2D eigenvalue weighted by molar-refractivity contribution is 6.35. The van der Waals surface area contributed by atoms with Crippen molar-refractivity contribution >= 4 is 17.9 Å². The van der Waals surface area contributed by atoms with Crippen molar-refractivity contribution in [2.45, 2.75) is 32.2 Å². The Morgan fingerprint density at radius 3 is 2.45 bits per heavy atom. The van der Waals surface area contributed by atoms with Gasteiger partial charge >= 0.3 is 17.9 Å². The molecule has 1 fully saturated rings. The van der Waals surface area contributed by atoms with Gasteiger partial charge in [-0.05, 0) is 26.2 Å². The van der Waals surface area contributed by atoms with E-state index in [0.717, 1.165) is 0 Å². The van der Waals surface area contributed by atoms with Crippen LogP contribution in [0.15, 0.2) is 0 Å². The summed E-state index contributed by atoms with van der Waals surface area (Å²) in [5.41, 5.74) is 0. The smallest absolute Gasteiger partial charge is 0.409 e. The number of rotatable bonds is 6. The minimum absolute atomic E-state index is 0.0945. The van der Waals surface area contributed by atoms with Crippen molar-refractivity contribution in [1.82, 2.24) is 15.5 Å². The Morgan fingerprint density at radius 1 is 1.18 bits per heavy atom. The van der Waals surface area contributed by atoms with Gasteiger partial charge in [-0.3, -0.25) is 9.59 Å². The number of hydrogen-bond donors (Lipinski definition) is 2. The van der Waals surface area contributed by atoms with Crippen molar-refractivity contribution in [3.63, 3.8) is 0 Å². The van der Waals surface area contributed by atoms with E-state index >= 15 is 0 Å². The Kier molecular flexibility index (Phi) is 8.27. The number of piperidine rings is 1. The molecule has 1 heterocycles. The molecule has 126 valence electrons. The molecule has 1 rings (SSSR count). The van der Waals surface area contributed by atoms with Gasteiger partial charge in [0.2, 0.25) is 0 Å². The summed E-state index contributed by atoms with van der Waals surface area (Å²) in [7, 11) is 1.58. The summed E-state index contributed by atoms with van der Waals surface area (Å²) in [4.78, 5) is 36.5. The maximum atomic E-state index is 11.7. The Hall–Kier alpha value is -1.83. The maximum Gasteiger partial charge on any atom is 0.409 e. The number of likely N-dealkylation sites (tertiary alicyclic amines) is 1. The number of amides is 3. The molecule has 8 nitrogen and oxygen atoms in total. The van der Waals surface area contributed by atoms with Crippen LogP contribution in [-0.2, 0) is 19.1 Å². The number of hydrogen-bond acceptors (Lipinski definition) is 5. The second kappa shape index (κ2) is 9.99. The van der Waals surface area contributed by atoms with E-state index in [4.69, 9.17) is 9.47 Å². The molecule has 22 heavy (non-hydrogen) atoms. The molecule has 2 N–H and O–H groups in total. The molecular weight excluding hydrogens is 290 g/mol. The highest BCUT2D eigenvalue weighted by Crippen LogP contribution is 2.11. The molecule has 1 aliphatic heterocycles. The lowest BCUT2D eigenvalue weighted by Crippen LogP contribution is -2.50. The monoisotopic (exact) mass is 315 g/mol. The first kappa shape index (κ1) is 18.2. The van der Waals surface area contributed by atoms with Gasteiger partial charge in [0.05, 0.1) is 6.61 Å². The van der Waals surface area contributed by atoms with Gasteiger partial charge in [-0.1, -0.05) is 0 Å². The van der Waals surface area contributed by atoms with Crippen LogP contribution in [0.25, 0.3) is 0 Å². The molecule has 0 radical (unpaired) electrons. The highest BCUT2D eigenvalue weighted by Gasteiger charge is 2.26. The van der Waals surface area contributed by atoms with Gasteiger partial charge in [-0.2, -0.15) is 0 Å². The number of nitrogens with zero attached hydrogens (tertiary/aromatic N) is 1. The zero-order chi connectivity index (χ0) is 16.4. The molecule has 0 unspecified atom stereocenters. The first-order chi connectivity index (χ1) is 10.6. The summed E-state index contributed by atoms with van der Waals surface area (Å²) < 4.78 is 9.78. The van der Waals surface area contributed by atoms with Gasteiger partial charge in [0, 0.05) is 39.4 Å². The molecule has 0 aromatic heterocycles. The van der Waals surface area contributed by atoms with Crippen LogP contribution in [-0.4, -0.2) is 68.8 Å². The van der Waals surface area contributed by atoms with Crippen molar-refractivity contribution in [2.75, 3.05) is 40.0 Å². The Morgan fingerprint density at radius 2 is 1.86 bits per heavy atom. The molecular formula is C14H25N3O5. The molecule has 8 heteroatoms. The predicted octanol–water partition coefficient (Wildman–Crippen LogP) is -0.124. The van der Waals surface area contributed by atoms with E-state index in [1.54, 1.807) is 18.9 Å². The second-order valence-corrected chi connectivity index (χ2v) is 5.04. The fraction of sp³-hybridized carbons (Fsp3) is 0.786. The number of carbonyl (C=O) groups is 3. The van der Waals surface area contributed by atoms with E-state index in [-0.39, 0.29) is 12.1 Å². The Bertz CT molecular complexity index is 381. The summed E-state index contributed by atoms with van der Waals surface area (Å²) in [6.45, 7) is 4.07. The summed E-state index contributed by atoms with van der Waals surface area (Å²) in [6.07, 6.45) is 1.55. The molecule has 0 atom stereocenters. The molecule has 0 aromatic rings. The zero-order valence-electron chi connectivity index (χ0n) is 13.2. The third-order valence-corrected chi connectivity index (χ3v) is 3.37. The van der Waals surface area contributed by atoms with Gasteiger partial charge in [0.1, 0.15) is 0 Å². The van der Waals surface area contributed by atoms with E-state index in [2.05, 4.69) is 10.6 Å². The van der Waals surface area contributed by atoms with Crippen LogP contribution < -0.4 is 10.6 Å². The minimum atomic E-state index is -0.635. The Balaban J connectivity index is 2.23. The van der Waals surface area contributed by atoms with Crippen molar-refractivity contribution in [3.05, 3.63) is 0 Å². The molecule has 0 aliphatic carbocycles. The van der Waals surface area contributed by atoms with Gasteiger partial charge in [0.25, 0.3) is 0 Å². The third-order valence-electron chi connectivity index (χ3n) is 3.37. The minimum Gasteiger partial charge on any atom is -0.450 e. The molecule has 0 aromatic carbocycles. The van der Waals surface area contributed by atoms with Crippen LogP contribution in [0.1, 0.15) is 26.2 Å². The SMILES string of the molecule is CCOC(=O)N1CCC(NC(=O)C(=O)NCCCOC)CC1. The summed E-state index contributed by atoms with van der Waals surface area (Å²) >= 11 is 0. The van der Waals surface area contributed by atoms with Crippen LogP contribution in [0.4, 0.5) is 4.79 Å². The molecule has 0 spiro atoms. The van der Waals surface area contributed by atoms with Crippen LogP contribution in [0.2, 0.25) is 0 Å². The van der Waals surface area contributed by atoms with Crippen LogP contribution in [0.5, 0.6) is 0 Å². The Labute approximate surface area is 130 Å².